The molecule has 0 aliphatic carbocycles. The second-order valence-electron chi connectivity index (χ2n) is 6.92. The van der Waals surface area contributed by atoms with E-state index in [4.69, 9.17) is 4.74 Å². The minimum Gasteiger partial charge on any atom is -0.497 e. The number of sulfonamides is 1. The lowest BCUT2D eigenvalue weighted by Crippen LogP contribution is -2.39. The van der Waals surface area contributed by atoms with E-state index in [1.807, 2.05) is 30.3 Å². The van der Waals surface area contributed by atoms with Crippen LogP contribution in [-0.4, -0.2) is 38.8 Å². The molecule has 1 amide bonds. The molecule has 9 heteroatoms. The standard InChI is InChI=1S/C23H22F2N2O4S/c1-31-19-8-10-20(11-9-19)32(29,30)27(14-13-17-5-3-2-4-6-17)16-23(28)26-22-15-18(24)7-12-21(22)25/h2-12,15H,13-14,16H2,1H3,(H,26,28). The highest BCUT2D eigenvalue weighted by atomic mass is 32.2. The Balaban J connectivity index is 1.83. The largest absolute Gasteiger partial charge is 0.497 e. The minimum absolute atomic E-state index is 0.0113. The number of hydrogen-bond acceptors (Lipinski definition) is 4. The molecule has 0 aliphatic rings. The molecule has 3 aromatic rings. The normalized spacial score (nSPS) is 11.4. The first-order chi connectivity index (χ1) is 15.3. The second kappa shape index (κ2) is 10.3. The van der Waals surface area contributed by atoms with E-state index in [9.17, 15) is 22.0 Å². The monoisotopic (exact) mass is 460 g/mol. The van der Waals surface area contributed by atoms with Gasteiger partial charge in [0.1, 0.15) is 17.4 Å². The van der Waals surface area contributed by atoms with Gasteiger partial charge in [-0.25, -0.2) is 17.2 Å². The fraction of sp³-hybridized carbons (Fsp3) is 0.174. The minimum atomic E-state index is -4.05. The molecule has 3 rings (SSSR count). The van der Waals surface area contributed by atoms with Crippen LogP contribution in [0.3, 0.4) is 0 Å². The van der Waals surface area contributed by atoms with Crippen molar-refractivity contribution in [2.45, 2.75) is 11.3 Å². The maximum atomic E-state index is 13.9. The van der Waals surface area contributed by atoms with E-state index < -0.39 is 34.1 Å². The topological polar surface area (TPSA) is 75.7 Å². The van der Waals surface area contributed by atoms with Crippen molar-refractivity contribution in [3.05, 3.63) is 90.0 Å². The Bertz CT molecular complexity index is 1170. The molecule has 0 spiro atoms. The number of nitrogens with one attached hydrogen (secondary N) is 1. The van der Waals surface area contributed by atoms with Gasteiger partial charge >= 0.3 is 0 Å². The summed E-state index contributed by atoms with van der Waals surface area (Å²) in [6.45, 7) is -0.561. The molecule has 0 saturated carbocycles. The van der Waals surface area contributed by atoms with Crippen LogP contribution in [0.1, 0.15) is 5.56 Å². The summed E-state index contributed by atoms with van der Waals surface area (Å²) in [7, 11) is -2.59. The van der Waals surface area contributed by atoms with Crippen LogP contribution in [0.2, 0.25) is 0 Å². The quantitative estimate of drug-likeness (QED) is 0.526. The number of halogens is 2. The molecule has 0 aliphatic heterocycles. The van der Waals surface area contributed by atoms with Crippen LogP contribution >= 0.6 is 0 Å². The number of carbonyl (C=O) groups is 1. The number of ether oxygens (including phenoxy) is 1. The van der Waals surface area contributed by atoms with Crippen molar-refractivity contribution in [1.29, 1.82) is 0 Å². The van der Waals surface area contributed by atoms with Crippen LogP contribution in [0.4, 0.5) is 14.5 Å². The van der Waals surface area contributed by atoms with E-state index in [-0.39, 0.29) is 17.1 Å². The maximum absolute atomic E-state index is 13.9. The molecule has 1 N–H and O–H groups in total. The average Bonchev–Trinajstić information content (AvgIpc) is 2.79. The molecule has 0 atom stereocenters. The van der Waals surface area contributed by atoms with E-state index in [0.717, 1.165) is 28.1 Å². The number of methoxy groups -OCH3 is 1. The summed E-state index contributed by atoms with van der Waals surface area (Å²) in [5, 5.41) is 2.24. The van der Waals surface area contributed by atoms with Crippen LogP contribution in [-0.2, 0) is 21.2 Å². The summed E-state index contributed by atoms with van der Waals surface area (Å²) in [5.41, 5.74) is 0.527. The third-order valence-corrected chi connectivity index (χ3v) is 6.57. The Labute approximate surface area is 185 Å². The molecule has 0 unspecified atom stereocenters. The fourth-order valence-corrected chi connectivity index (χ4v) is 4.42. The predicted molar refractivity (Wildman–Crippen MR) is 117 cm³/mol. The molecular weight excluding hydrogens is 438 g/mol. The van der Waals surface area contributed by atoms with Crippen molar-refractivity contribution in [2.75, 3.05) is 25.5 Å². The molecule has 3 aromatic carbocycles. The van der Waals surface area contributed by atoms with Gasteiger partial charge in [-0.1, -0.05) is 30.3 Å². The molecule has 168 valence electrons. The molecule has 0 saturated heterocycles. The van der Waals surface area contributed by atoms with Crippen molar-refractivity contribution in [3.8, 4) is 5.75 Å². The highest BCUT2D eigenvalue weighted by Gasteiger charge is 2.27. The van der Waals surface area contributed by atoms with Gasteiger partial charge in [-0.3, -0.25) is 4.79 Å². The maximum Gasteiger partial charge on any atom is 0.243 e. The second-order valence-corrected chi connectivity index (χ2v) is 8.86. The zero-order valence-electron chi connectivity index (χ0n) is 17.3. The third kappa shape index (κ3) is 5.89. The lowest BCUT2D eigenvalue weighted by atomic mass is 10.1. The molecule has 0 heterocycles. The van der Waals surface area contributed by atoms with Crippen molar-refractivity contribution in [2.24, 2.45) is 0 Å². The number of rotatable bonds is 9. The van der Waals surface area contributed by atoms with Crippen molar-refractivity contribution in [1.82, 2.24) is 4.31 Å². The van der Waals surface area contributed by atoms with Crippen LogP contribution in [0.5, 0.6) is 5.75 Å². The van der Waals surface area contributed by atoms with Crippen LogP contribution < -0.4 is 10.1 Å². The Morgan fingerprint density at radius 2 is 1.69 bits per heavy atom. The van der Waals surface area contributed by atoms with E-state index in [2.05, 4.69) is 5.32 Å². The molecule has 0 radical (unpaired) electrons. The Kier molecular flexibility index (Phi) is 7.55. The lowest BCUT2D eigenvalue weighted by molar-refractivity contribution is -0.116. The Morgan fingerprint density at radius 1 is 1.00 bits per heavy atom. The third-order valence-electron chi connectivity index (χ3n) is 4.71. The van der Waals surface area contributed by atoms with Crippen molar-refractivity contribution in [3.63, 3.8) is 0 Å². The van der Waals surface area contributed by atoms with Gasteiger partial charge in [0.2, 0.25) is 15.9 Å². The average molecular weight is 461 g/mol. The van der Waals surface area contributed by atoms with Crippen LogP contribution in [0, 0.1) is 11.6 Å². The summed E-state index contributed by atoms with van der Waals surface area (Å²) in [6.07, 6.45) is 0.359. The van der Waals surface area contributed by atoms with E-state index in [0.29, 0.717) is 12.2 Å². The van der Waals surface area contributed by atoms with Crippen LogP contribution in [0.15, 0.2) is 77.7 Å². The van der Waals surface area contributed by atoms with E-state index in [1.165, 1.54) is 31.4 Å². The van der Waals surface area contributed by atoms with Crippen molar-refractivity contribution >= 4 is 21.6 Å². The SMILES string of the molecule is COc1ccc(S(=O)(=O)N(CCc2ccccc2)CC(=O)Nc2cc(F)ccc2F)cc1. The Hall–Kier alpha value is -3.30. The van der Waals surface area contributed by atoms with Gasteiger partial charge in [-0.2, -0.15) is 4.31 Å². The van der Waals surface area contributed by atoms with Gasteiger partial charge in [0.15, 0.2) is 0 Å². The van der Waals surface area contributed by atoms with Gasteiger partial charge in [0.25, 0.3) is 0 Å². The van der Waals surface area contributed by atoms with Gasteiger partial charge in [-0.15, -0.1) is 0 Å². The molecule has 0 aromatic heterocycles. The zero-order chi connectivity index (χ0) is 23.1. The number of nitrogens with zero attached hydrogens (tertiary/aromatic N) is 1. The number of hydrogen-bond donors (Lipinski definition) is 1. The number of benzene rings is 3. The lowest BCUT2D eigenvalue weighted by Gasteiger charge is -2.22. The summed E-state index contributed by atoms with van der Waals surface area (Å²) in [6, 6.07) is 17.6. The highest BCUT2D eigenvalue weighted by molar-refractivity contribution is 7.89. The van der Waals surface area contributed by atoms with Crippen molar-refractivity contribution < 1.29 is 26.7 Å². The molecule has 6 nitrogen and oxygen atoms in total. The molecule has 0 fully saturated rings. The fourth-order valence-electron chi connectivity index (χ4n) is 3.02. The number of amides is 1. The van der Waals surface area contributed by atoms with Gasteiger partial charge in [0, 0.05) is 12.6 Å². The summed E-state index contributed by atoms with van der Waals surface area (Å²) in [4.78, 5) is 12.5. The summed E-state index contributed by atoms with van der Waals surface area (Å²) in [5.74, 6) is -1.86. The van der Waals surface area contributed by atoms with Gasteiger partial charge < -0.3 is 10.1 Å². The van der Waals surface area contributed by atoms with E-state index in [1.54, 1.807) is 0 Å². The summed E-state index contributed by atoms with van der Waals surface area (Å²) < 4.78 is 59.8. The smallest absolute Gasteiger partial charge is 0.243 e. The first-order valence-electron chi connectivity index (χ1n) is 9.72. The first-order valence-corrected chi connectivity index (χ1v) is 11.2. The zero-order valence-corrected chi connectivity index (χ0v) is 18.1. The predicted octanol–water partition coefficient (Wildman–Crippen LogP) is 3.85. The highest BCUT2D eigenvalue weighted by Crippen LogP contribution is 2.21. The summed E-state index contributed by atoms with van der Waals surface area (Å²) >= 11 is 0. The molecular formula is C23H22F2N2O4S. The number of anilines is 1. The Morgan fingerprint density at radius 3 is 2.34 bits per heavy atom. The molecule has 32 heavy (non-hydrogen) atoms. The van der Waals surface area contributed by atoms with Gasteiger partial charge in [-0.05, 0) is 48.4 Å². The first kappa shape index (κ1) is 23.4. The number of carbonyl (C=O) groups excluding carboxylic acids is 1. The molecule has 0 bridgehead atoms. The van der Waals surface area contributed by atoms with Crippen LogP contribution in [0.25, 0.3) is 0 Å². The van der Waals surface area contributed by atoms with Gasteiger partial charge in [0.05, 0.1) is 24.2 Å². The van der Waals surface area contributed by atoms with E-state index >= 15 is 0 Å².